The van der Waals surface area contributed by atoms with Crippen LogP contribution in [-0.2, 0) is 0 Å². The summed E-state index contributed by atoms with van der Waals surface area (Å²) in [5.41, 5.74) is 1.33. The highest BCUT2D eigenvalue weighted by molar-refractivity contribution is 6.31. The number of halogens is 1. The minimum atomic E-state index is -0.613. The minimum Gasteiger partial charge on any atom is -0.495 e. The lowest BCUT2D eigenvalue weighted by Crippen LogP contribution is -2.04. The molecule has 10 heteroatoms. The number of hydrogen-bond donors (Lipinski definition) is 1. The first-order valence-corrected chi connectivity index (χ1v) is 9.48. The quantitative estimate of drug-likeness (QED) is 0.313. The van der Waals surface area contributed by atoms with Gasteiger partial charge in [0.15, 0.2) is 5.75 Å². The van der Waals surface area contributed by atoms with E-state index in [1.54, 1.807) is 30.3 Å². The van der Waals surface area contributed by atoms with Gasteiger partial charge >= 0.3 is 11.6 Å². The molecule has 0 radical (unpaired) electrons. The van der Waals surface area contributed by atoms with Crippen molar-refractivity contribution in [3.05, 3.63) is 75.7 Å². The third-order valence-electron chi connectivity index (χ3n) is 4.41. The summed E-state index contributed by atoms with van der Waals surface area (Å²) in [6, 6.07) is 14.0. The summed E-state index contributed by atoms with van der Waals surface area (Å²) >= 11 is 6.06. The van der Waals surface area contributed by atoms with Crippen molar-refractivity contribution in [3.63, 3.8) is 0 Å². The highest BCUT2D eigenvalue weighted by Crippen LogP contribution is 2.39. The van der Waals surface area contributed by atoms with Crippen molar-refractivity contribution in [3.8, 4) is 17.4 Å². The Labute approximate surface area is 181 Å². The number of pyridine rings is 1. The summed E-state index contributed by atoms with van der Waals surface area (Å²) in [6.45, 7) is 1.85. The number of ether oxygens (including phenoxy) is 2. The molecule has 0 aliphatic heterocycles. The number of nitro groups is 1. The van der Waals surface area contributed by atoms with Crippen LogP contribution in [0.25, 0.3) is 10.9 Å². The molecule has 31 heavy (non-hydrogen) atoms. The van der Waals surface area contributed by atoms with Crippen molar-refractivity contribution in [1.82, 2.24) is 15.0 Å². The lowest BCUT2D eigenvalue weighted by Gasteiger charge is -2.13. The number of nitrogens with zero attached hydrogens (tertiary/aromatic N) is 4. The van der Waals surface area contributed by atoms with E-state index in [2.05, 4.69) is 20.3 Å². The standard InChI is InChI=1S/C21H16ClN5O4/c1-12-6-7-13-4-3-5-17(18(13)25-12)31-21-19(27(28)29)20(23-11-24-21)26-15-10-14(22)8-9-16(15)30-2/h3-11H,1-2H3,(H,23,24,26). The number of fused-ring (bicyclic) bond motifs is 1. The van der Waals surface area contributed by atoms with Gasteiger partial charge < -0.3 is 14.8 Å². The Bertz CT molecular complexity index is 1300. The molecule has 0 spiro atoms. The van der Waals surface area contributed by atoms with Gasteiger partial charge in [0.1, 0.15) is 17.6 Å². The number of rotatable bonds is 6. The molecule has 9 nitrogen and oxygen atoms in total. The molecule has 2 aromatic heterocycles. The smallest absolute Gasteiger partial charge is 0.373 e. The number of aromatic nitrogens is 3. The highest BCUT2D eigenvalue weighted by Gasteiger charge is 2.26. The van der Waals surface area contributed by atoms with Gasteiger partial charge in [-0.25, -0.2) is 9.97 Å². The van der Waals surface area contributed by atoms with E-state index in [9.17, 15) is 10.1 Å². The monoisotopic (exact) mass is 437 g/mol. The van der Waals surface area contributed by atoms with Gasteiger partial charge in [-0.2, -0.15) is 4.98 Å². The Balaban J connectivity index is 1.78. The molecule has 2 aromatic carbocycles. The van der Waals surface area contributed by atoms with E-state index in [1.165, 1.54) is 13.4 Å². The first kappa shape index (κ1) is 20.3. The molecule has 0 aliphatic rings. The van der Waals surface area contributed by atoms with Crippen molar-refractivity contribution in [2.75, 3.05) is 12.4 Å². The van der Waals surface area contributed by atoms with Gasteiger partial charge in [-0.15, -0.1) is 0 Å². The predicted molar refractivity (Wildman–Crippen MR) is 117 cm³/mol. The maximum Gasteiger partial charge on any atom is 0.373 e. The fourth-order valence-electron chi connectivity index (χ4n) is 3.00. The number of benzene rings is 2. The Morgan fingerprint density at radius 2 is 1.94 bits per heavy atom. The number of hydrogen-bond acceptors (Lipinski definition) is 8. The van der Waals surface area contributed by atoms with Gasteiger partial charge in [0.2, 0.25) is 5.82 Å². The van der Waals surface area contributed by atoms with Crippen LogP contribution in [0.1, 0.15) is 5.69 Å². The van der Waals surface area contributed by atoms with Crippen LogP contribution < -0.4 is 14.8 Å². The van der Waals surface area contributed by atoms with Gasteiger partial charge in [0.05, 0.1) is 17.7 Å². The summed E-state index contributed by atoms with van der Waals surface area (Å²) in [7, 11) is 1.48. The molecule has 0 atom stereocenters. The van der Waals surface area contributed by atoms with Crippen LogP contribution in [0.4, 0.5) is 17.2 Å². The molecule has 0 fully saturated rings. The molecule has 1 N–H and O–H groups in total. The lowest BCUT2D eigenvalue weighted by atomic mass is 10.2. The summed E-state index contributed by atoms with van der Waals surface area (Å²) in [4.78, 5) is 23.8. The number of aryl methyl sites for hydroxylation is 1. The van der Waals surface area contributed by atoms with E-state index in [0.29, 0.717) is 27.7 Å². The Morgan fingerprint density at radius 1 is 1.10 bits per heavy atom. The second kappa shape index (κ2) is 8.41. The molecule has 2 heterocycles. The third kappa shape index (κ3) is 4.17. The van der Waals surface area contributed by atoms with Crippen LogP contribution in [0.3, 0.4) is 0 Å². The first-order valence-electron chi connectivity index (χ1n) is 9.10. The van der Waals surface area contributed by atoms with E-state index in [-0.39, 0.29) is 11.7 Å². The second-order valence-electron chi connectivity index (χ2n) is 6.49. The van der Waals surface area contributed by atoms with Crippen LogP contribution in [-0.4, -0.2) is 27.0 Å². The van der Waals surface area contributed by atoms with Crippen molar-refractivity contribution in [1.29, 1.82) is 0 Å². The Morgan fingerprint density at radius 3 is 2.71 bits per heavy atom. The minimum absolute atomic E-state index is 0.0695. The van der Waals surface area contributed by atoms with E-state index in [1.807, 2.05) is 25.1 Å². The normalized spacial score (nSPS) is 10.7. The van der Waals surface area contributed by atoms with E-state index < -0.39 is 10.6 Å². The second-order valence-corrected chi connectivity index (χ2v) is 6.92. The van der Waals surface area contributed by atoms with Crippen LogP contribution in [0, 0.1) is 17.0 Å². The molecular formula is C21H16ClN5O4. The predicted octanol–water partition coefficient (Wildman–Crippen LogP) is 5.44. The van der Waals surface area contributed by atoms with E-state index in [4.69, 9.17) is 21.1 Å². The molecule has 0 saturated carbocycles. The molecule has 0 unspecified atom stereocenters. The molecular weight excluding hydrogens is 422 g/mol. The highest BCUT2D eigenvalue weighted by atomic mass is 35.5. The molecule has 156 valence electrons. The number of para-hydroxylation sites is 1. The first-order chi connectivity index (χ1) is 15.0. The van der Waals surface area contributed by atoms with Gasteiger partial charge in [-0.1, -0.05) is 29.8 Å². The third-order valence-corrected chi connectivity index (χ3v) is 4.65. The summed E-state index contributed by atoms with van der Waals surface area (Å²) < 4.78 is 11.1. The van der Waals surface area contributed by atoms with Gasteiger partial charge in [0, 0.05) is 16.1 Å². The zero-order chi connectivity index (χ0) is 22.0. The number of nitrogens with one attached hydrogen (secondary N) is 1. The number of anilines is 2. The molecule has 4 rings (SSSR count). The summed E-state index contributed by atoms with van der Waals surface area (Å²) in [5, 5.41) is 16.0. The van der Waals surface area contributed by atoms with Crippen LogP contribution in [0.5, 0.6) is 17.4 Å². The maximum atomic E-state index is 11.9. The van der Waals surface area contributed by atoms with Gasteiger partial charge in [-0.3, -0.25) is 10.1 Å². The van der Waals surface area contributed by atoms with E-state index >= 15 is 0 Å². The molecule has 0 amide bonds. The average Bonchev–Trinajstić information content (AvgIpc) is 2.74. The average molecular weight is 438 g/mol. The fraction of sp³-hybridized carbons (Fsp3) is 0.0952. The lowest BCUT2D eigenvalue weighted by molar-refractivity contribution is -0.385. The molecule has 0 saturated heterocycles. The maximum absolute atomic E-state index is 11.9. The number of methoxy groups -OCH3 is 1. The fourth-order valence-corrected chi connectivity index (χ4v) is 3.17. The van der Waals surface area contributed by atoms with Crippen molar-refractivity contribution in [2.45, 2.75) is 6.92 Å². The van der Waals surface area contributed by atoms with Crippen LogP contribution >= 0.6 is 11.6 Å². The van der Waals surface area contributed by atoms with Crippen LogP contribution in [0.2, 0.25) is 5.02 Å². The largest absolute Gasteiger partial charge is 0.495 e. The van der Waals surface area contributed by atoms with Gasteiger partial charge in [-0.05, 0) is 37.3 Å². The van der Waals surface area contributed by atoms with Crippen molar-refractivity contribution in [2.24, 2.45) is 0 Å². The van der Waals surface area contributed by atoms with Crippen molar-refractivity contribution >= 4 is 39.7 Å². The Hall–Kier alpha value is -3.98. The zero-order valence-corrected chi connectivity index (χ0v) is 17.3. The SMILES string of the molecule is COc1ccc(Cl)cc1Nc1ncnc(Oc2cccc3ccc(C)nc23)c1[N+](=O)[O-]. The molecule has 0 aliphatic carbocycles. The summed E-state index contributed by atoms with van der Waals surface area (Å²) in [5.74, 6) is 0.488. The Kier molecular flexibility index (Phi) is 5.50. The van der Waals surface area contributed by atoms with Crippen LogP contribution in [0.15, 0.2) is 54.9 Å². The van der Waals surface area contributed by atoms with E-state index in [0.717, 1.165) is 11.1 Å². The molecule has 4 aromatic rings. The zero-order valence-electron chi connectivity index (χ0n) is 16.5. The van der Waals surface area contributed by atoms with Crippen molar-refractivity contribution < 1.29 is 14.4 Å². The topological polar surface area (TPSA) is 112 Å². The molecule has 0 bridgehead atoms. The summed E-state index contributed by atoms with van der Waals surface area (Å²) in [6.07, 6.45) is 1.17. The van der Waals surface area contributed by atoms with Gasteiger partial charge in [0.25, 0.3) is 0 Å².